The molecule has 0 aliphatic rings. The summed E-state index contributed by atoms with van der Waals surface area (Å²) in [4.78, 5) is 0. The molecule has 0 N–H and O–H groups in total. The van der Waals surface area contributed by atoms with E-state index in [9.17, 15) is 0 Å². The number of hydrogen-bond acceptors (Lipinski definition) is 0. The van der Waals surface area contributed by atoms with E-state index in [0.717, 1.165) is 24.1 Å². The highest BCUT2D eigenvalue weighted by atomic mass is 15.3. The minimum absolute atomic E-state index is 1.07. The summed E-state index contributed by atoms with van der Waals surface area (Å²) in [6, 6.07) is 33.3. The van der Waals surface area contributed by atoms with Crippen molar-refractivity contribution in [3.8, 4) is 0 Å². The Labute approximate surface area is 221 Å². The number of hydrogen-bond donors (Lipinski definition) is 0. The van der Waals surface area contributed by atoms with Crippen LogP contribution in [-0.4, -0.2) is 11.0 Å². The van der Waals surface area contributed by atoms with Crippen LogP contribution in [0.1, 0.15) is 87.8 Å². The largest absolute Gasteiger partial charge is 0.312 e. The first-order valence-corrected chi connectivity index (χ1v) is 14.4. The van der Waals surface area contributed by atoms with Crippen LogP contribution in [0.3, 0.4) is 0 Å². The first-order chi connectivity index (χ1) is 17.8. The molecule has 0 atom stereocenters. The second kappa shape index (κ2) is 16.9. The van der Waals surface area contributed by atoms with Crippen LogP contribution in [0.2, 0.25) is 0 Å². The maximum Gasteiger partial charge on any atom is 0.105 e. The van der Waals surface area contributed by atoms with Crippen LogP contribution in [0.5, 0.6) is 0 Å². The maximum atomic E-state index is 2.44. The molecular weight excluding hydrogens is 434 g/mol. The molecule has 0 spiro atoms. The van der Waals surface area contributed by atoms with Gasteiger partial charge in [-0.3, -0.25) is 0 Å². The van der Waals surface area contributed by atoms with Gasteiger partial charge in [0.2, 0.25) is 0 Å². The standard InChI is InChI=1S/C35H48N/c1-2-3-4-5-6-7-8-9-10-11-12-22-29-36(30-33-23-16-13-17-24-33,31-34-25-18-14-19-26-34)32-35-27-20-15-21-28-35/h9-10,13-21,23-28H,2-8,11-12,22,29-32H2,1H3/q+1/b10-9+. The van der Waals surface area contributed by atoms with Gasteiger partial charge in [0.15, 0.2) is 0 Å². The second-order valence-electron chi connectivity index (χ2n) is 10.5. The van der Waals surface area contributed by atoms with Crippen LogP contribution >= 0.6 is 0 Å². The van der Waals surface area contributed by atoms with Gasteiger partial charge in [-0.2, -0.15) is 0 Å². The van der Waals surface area contributed by atoms with Gasteiger partial charge in [0.25, 0.3) is 0 Å². The van der Waals surface area contributed by atoms with Crippen molar-refractivity contribution in [2.75, 3.05) is 6.54 Å². The van der Waals surface area contributed by atoms with E-state index in [1.54, 1.807) is 0 Å². The normalized spacial score (nSPS) is 11.8. The number of quaternary nitrogens is 1. The molecule has 0 fully saturated rings. The molecule has 0 heterocycles. The Kier molecular flexibility index (Phi) is 13.1. The molecule has 0 bridgehead atoms. The van der Waals surface area contributed by atoms with E-state index in [1.807, 2.05) is 0 Å². The number of benzene rings is 3. The van der Waals surface area contributed by atoms with Crippen LogP contribution < -0.4 is 0 Å². The van der Waals surface area contributed by atoms with Crippen molar-refractivity contribution in [1.29, 1.82) is 0 Å². The van der Waals surface area contributed by atoms with Crippen molar-refractivity contribution < 1.29 is 4.48 Å². The van der Waals surface area contributed by atoms with Crippen molar-refractivity contribution in [3.05, 3.63) is 120 Å². The summed E-state index contributed by atoms with van der Waals surface area (Å²) in [5.41, 5.74) is 4.30. The number of rotatable bonds is 18. The number of allylic oxidation sites excluding steroid dienone is 2. The summed E-state index contributed by atoms with van der Waals surface area (Å²) in [6.07, 6.45) is 18.2. The Morgan fingerprint density at radius 3 is 1.31 bits per heavy atom. The van der Waals surface area contributed by atoms with Crippen LogP contribution in [0, 0.1) is 0 Å². The van der Waals surface area contributed by atoms with Crippen molar-refractivity contribution >= 4 is 0 Å². The van der Waals surface area contributed by atoms with Crippen molar-refractivity contribution in [1.82, 2.24) is 0 Å². The fourth-order valence-electron chi connectivity index (χ4n) is 5.30. The molecule has 0 unspecified atom stereocenters. The molecule has 0 aromatic heterocycles. The minimum atomic E-state index is 1.07. The van der Waals surface area contributed by atoms with Gasteiger partial charge in [-0.15, -0.1) is 0 Å². The summed E-state index contributed by atoms with van der Waals surface area (Å²) in [5, 5.41) is 0. The summed E-state index contributed by atoms with van der Waals surface area (Å²) in [5.74, 6) is 0. The summed E-state index contributed by atoms with van der Waals surface area (Å²) < 4.78 is 1.07. The van der Waals surface area contributed by atoms with E-state index in [0.29, 0.717) is 0 Å². The van der Waals surface area contributed by atoms with Crippen molar-refractivity contribution in [2.45, 2.75) is 90.8 Å². The molecule has 36 heavy (non-hydrogen) atoms. The van der Waals surface area contributed by atoms with Crippen LogP contribution in [0.15, 0.2) is 103 Å². The first-order valence-electron chi connectivity index (χ1n) is 14.4. The van der Waals surface area contributed by atoms with E-state index in [-0.39, 0.29) is 0 Å². The quantitative estimate of drug-likeness (QED) is 0.0961. The monoisotopic (exact) mass is 482 g/mol. The van der Waals surface area contributed by atoms with Gasteiger partial charge in [0.05, 0.1) is 6.54 Å². The first kappa shape index (κ1) is 27.9. The summed E-state index contributed by atoms with van der Waals surface area (Å²) in [7, 11) is 0. The smallest absolute Gasteiger partial charge is 0.105 e. The Morgan fingerprint density at radius 1 is 0.472 bits per heavy atom. The van der Waals surface area contributed by atoms with Crippen LogP contribution in [0.4, 0.5) is 0 Å². The minimum Gasteiger partial charge on any atom is -0.312 e. The fraction of sp³-hybridized carbons (Fsp3) is 0.429. The average molecular weight is 483 g/mol. The zero-order valence-electron chi connectivity index (χ0n) is 22.7. The van der Waals surface area contributed by atoms with Crippen LogP contribution in [0.25, 0.3) is 0 Å². The Bertz CT molecular complexity index is 844. The van der Waals surface area contributed by atoms with Crippen molar-refractivity contribution in [3.63, 3.8) is 0 Å². The summed E-state index contributed by atoms with van der Waals surface area (Å²) >= 11 is 0. The van der Waals surface area contributed by atoms with Gasteiger partial charge in [-0.25, -0.2) is 0 Å². The molecule has 0 radical (unpaired) electrons. The molecule has 3 aromatic rings. The third-order valence-corrected chi connectivity index (χ3v) is 7.23. The molecule has 192 valence electrons. The molecule has 1 nitrogen and oxygen atoms in total. The zero-order valence-corrected chi connectivity index (χ0v) is 22.7. The van der Waals surface area contributed by atoms with E-state index >= 15 is 0 Å². The maximum absolute atomic E-state index is 2.44. The fourth-order valence-corrected chi connectivity index (χ4v) is 5.30. The van der Waals surface area contributed by atoms with Crippen molar-refractivity contribution in [2.24, 2.45) is 0 Å². The topological polar surface area (TPSA) is 0 Å². The predicted molar refractivity (Wildman–Crippen MR) is 157 cm³/mol. The van der Waals surface area contributed by atoms with Gasteiger partial charge < -0.3 is 4.48 Å². The molecule has 3 rings (SSSR count). The van der Waals surface area contributed by atoms with E-state index in [4.69, 9.17) is 0 Å². The lowest BCUT2D eigenvalue weighted by molar-refractivity contribution is -0.966. The van der Waals surface area contributed by atoms with Gasteiger partial charge in [-0.05, 0) is 32.1 Å². The molecule has 3 aromatic carbocycles. The van der Waals surface area contributed by atoms with Gasteiger partial charge in [-0.1, -0.05) is 142 Å². The van der Waals surface area contributed by atoms with E-state index in [2.05, 4.69) is 110 Å². The number of nitrogens with zero attached hydrogens (tertiary/aromatic N) is 1. The third-order valence-electron chi connectivity index (χ3n) is 7.23. The zero-order chi connectivity index (χ0) is 25.2. The lowest BCUT2D eigenvalue weighted by Crippen LogP contribution is -2.46. The third kappa shape index (κ3) is 11.0. The van der Waals surface area contributed by atoms with E-state index in [1.165, 1.54) is 87.4 Å². The molecule has 0 aliphatic heterocycles. The molecule has 0 aliphatic carbocycles. The lowest BCUT2D eigenvalue weighted by atomic mass is 10.1. The highest BCUT2D eigenvalue weighted by Gasteiger charge is 2.28. The Morgan fingerprint density at radius 2 is 0.861 bits per heavy atom. The predicted octanol–water partition coefficient (Wildman–Crippen LogP) is 9.88. The van der Waals surface area contributed by atoms with Gasteiger partial charge in [0, 0.05) is 16.7 Å². The molecule has 1 heteroatoms. The molecule has 0 saturated heterocycles. The molecule has 0 amide bonds. The SMILES string of the molecule is CCCCCCCC/C=C/CCCC[N+](Cc1ccccc1)(Cc1ccccc1)Cc1ccccc1. The second-order valence-corrected chi connectivity index (χ2v) is 10.5. The average Bonchev–Trinajstić information content (AvgIpc) is 2.91. The number of unbranched alkanes of at least 4 members (excludes halogenated alkanes) is 8. The molecular formula is C35H48N+. The Hall–Kier alpha value is -2.64. The summed E-state index contributed by atoms with van der Waals surface area (Å²) in [6.45, 7) is 6.69. The Balaban J connectivity index is 1.60. The highest BCUT2D eigenvalue weighted by molar-refractivity contribution is 5.17. The lowest BCUT2D eigenvalue weighted by Gasteiger charge is -2.39. The molecule has 0 saturated carbocycles. The van der Waals surface area contributed by atoms with Gasteiger partial charge in [0.1, 0.15) is 19.6 Å². The van der Waals surface area contributed by atoms with Gasteiger partial charge >= 0.3 is 0 Å². The highest BCUT2D eigenvalue weighted by Crippen LogP contribution is 2.25. The van der Waals surface area contributed by atoms with Crippen LogP contribution in [-0.2, 0) is 19.6 Å². The van der Waals surface area contributed by atoms with E-state index < -0.39 is 0 Å².